The van der Waals surface area contributed by atoms with Crippen molar-refractivity contribution >= 4 is 5.97 Å². The summed E-state index contributed by atoms with van der Waals surface area (Å²) in [5.41, 5.74) is 0.394. The Hall–Kier alpha value is -1.79. The Morgan fingerprint density at radius 1 is 1.22 bits per heavy atom. The summed E-state index contributed by atoms with van der Waals surface area (Å²) in [6.45, 7) is 2.87. The van der Waals surface area contributed by atoms with E-state index in [0.29, 0.717) is 23.6 Å². The number of esters is 1. The fourth-order valence-corrected chi connectivity index (χ4v) is 2.71. The smallest absolute Gasteiger partial charge is 0.337 e. The van der Waals surface area contributed by atoms with E-state index >= 15 is 0 Å². The number of aliphatic hydroxyl groups excluding tert-OH is 1. The van der Waals surface area contributed by atoms with Crippen LogP contribution in [0, 0.1) is 0 Å². The van der Waals surface area contributed by atoms with E-state index in [2.05, 4.69) is 9.64 Å². The van der Waals surface area contributed by atoms with Crippen molar-refractivity contribution in [2.75, 3.05) is 40.5 Å². The number of hydrogen-bond acceptors (Lipinski definition) is 6. The van der Waals surface area contributed by atoms with Crippen molar-refractivity contribution in [1.82, 2.24) is 4.90 Å². The number of likely N-dealkylation sites (tertiary alicyclic amines) is 1. The number of carbonyl (C=O) groups is 1. The molecular formula is C17H25NO5. The normalized spacial score (nSPS) is 16.7. The summed E-state index contributed by atoms with van der Waals surface area (Å²) in [5, 5.41) is 10.1. The van der Waals surface area contributed by atoms with Crippen LogP contribution in [0.2, 0.25) is 0 Å². The molecular weight excluding hydrogens is 298 g/mol. The zero-order valence-corrected chi connectivity index (χ0v) is 13.8. The molecule has 0 spiro atoms. The van der Waals surface area contributed by atoms with Gasteiger partial charge < -0.3 is 24.2 Å². The second-order valence-corrected chi connectivity index (χ2v) is 5.68. The number of piperidine rings is 1. The molecule has 0 aromatic heterocycles. The molecule has 0 bridgehead atoms. The molecule has 1 aromatic rings. The van der Waals surface area contributed by atoms with Gasteiger partial charge in [0.05, 0.1) is 19.8 Å². The molecule has 1 unspecified atom stereocenters. The van der Waals surface area contributed by atoms with E-state index in [9.17, 15) is 9.90 Å². The maximum atomic E-state index is 11.5. The molecule has 6 heteroatoms. The first-order valence-electron chi connectivity index (χ1n) is 7.93. The van der Waals surface area contributed by atoms with Crippen molar-refractivity contribution in [3.8, 4) is 11.5 Å². The van der Waals surface area contributed by atoms with Crippen LogP contribution in [-0.2, 0) is 4.74 Å². The molecule has 1 aliphatic rings. The Labute approximate surface area is 136 Å². The number of rotatable bonds is 7. The van der Waals surface area contributed by atoms with Crippen molar-refractivity contribution in [2.45, 2.75) is 25.4 Å². The molecule has 0 radical (unpaired) electrons. The Balaban J connectivity index is 1.90. The summed E-state index contributed by atoms with van der Waals surface area (Å²) in [7, 11) is 2.84. The molecule has 1 fully saturated rings. The third-order valence-electron chi connectivity index (χ3n) is 3.93. The third kappa shape index (κ3) is 5.11. The average molecular weight is 323 g/mol. The molecule has 128 valence electrons. The van der Waals surface area contributed by atoms with Gasteiger partial charge in [-0.15, -0.1) is 0 Å². The quantitative estimate of drug-likeness (QED) is 0.771. The van der Waals surface area contributed by atoms with Crippen molar-refractivity contribution in [3.63, 3.8) is 0 Å². The average Bonchev–Trinajstić information content (AvgIpc) is 2.60. The largest absolute Gasteiger partial charge is 0.493 e. The molecule has 0 aliphatic carbocycles. The van der Waals surface area contributed by atoms with Gasteiger partial charge in [0, 0.05) is 6.54 Å². The Bertz CT molecular complexity index is 514. The van der Waals surface area contributed by atoms with E-state index in [-0.39, 0.29) is 6.61 Å². The lowest BCUT2D eigenvalue weighted by molar-refractivity contribution is 0.0591. The van der Waals surface area contributed by atoms with Crippen LogP contribution in [0.1, 0.15) is 29.6 Å². The molecule has 1 aromatic carbocycles. The molecule has 23 heavy (non-hydrogen) atoms. The lowest BCUT2D eigenvalue weighted by atomic mass is 10.1. The second-order valence-electron chi connectivity index (χ2n) is 5.68. The standard InChI is InChI=1S/C17H25NO5/c1-21-16-10-13(17(20)22-2)6-7-15(16)23-12-14(19)11-18-8-4-3-5-9-18/h6-7,10,14,19H,3-5,8-9,11-12H2,1-2H3. The van der Waals surface area contributed by atoms with Crippen molar-refractivity contribution in [3.05, 3.63) is 23.8 Å². The van der Waals surface area contributed by atoms with E-state index in [1.54, 1.807) is 18.2 Å². The Morgan fingerprint density at radius 3 is 2.61 bits per heavy atom. The summed E-state index contributed by atoms with van der Waals surface area (Å²) in [6.07, 6.45) is 3.10. The highest BCUT2D eigenvalue weighted by Gasteiger charge is 2.16. The SMILES string of the molecule is COC(=O)c1ccc(OCC(O)CN2CCCCC2)c(OC)c1. The molecule has 0 amide bonds. The second kappa shape index (κ2) is 8.74. The van der Waals surface area contributed by atoms with Gasteiger partial charge in [-0.3, -0.25) is 0 Å². The van der Waals surface area contributed by atoms with Gasteiger partial charge in [0.1, 0.15) is 12.7 Å². The zero-order chi connectivity index (χ0) is 16.7. The molecule has 1 aliphatic heterocycles. The first-order chi connectivity index (χ1) is 11.1. The van der Waals surface area contributed by atoms with Crippen LogP contribution < -0.4 is 9.47 Å². The minimum Gasteiger partial charge on any atom is -0.493 e. The van der Waals surface area contributed by atoms with Crippen molar-refractivity contribution in [1.29, 1.82) is 0 Å². The number of nitrogens with zero attached hydrogens (tertiary/aromatic N) is 1. The first-order valence-corrected chi connectivity index (χ1v) is 7.93. The monoisotopic (exact) mass is 323 g/mol. The highest BCUT2D eigenvalue weighted by Crippen LogP contribution is 2.28. The minimum atomic E-state index is -0.557. The predicted molar refractivity (Wildman–Crippen MR) is 86.1 cm³/mol. The lowest BCUT2D eigenvalue weighted by Gasteiger charge is -2.28. The fraction of sp³-hybridized carbons (Fsp3) is 0.588. The summed E-state index contributed by atoms with van der Waals surface area (Å²) >= 11 is 0. The van der Waals surface area contributed by atoms with Crippen LogP contribution in [0.25, 0.3) is 0 Å². The lowest BCUT2D eigenvalue weighted by Crippen LogP contribution is -2.38. The number of methoxy groups -OCH3 is 2. The molecule has 6 nitrogen and oxygen atoms in total. The third-order valence-corrected chi connectivity index (χ3v) is 3.93. The fourth-order valence-electron chi connectivity index (χ4n) is 2.71. The maximum absolute atomic E-state index is 11.5. The van der Waals surface area contributed by atoms with E-state index in [0.717, 1.165) is 13.1 Å². The van der Waals surface area contributed by atoms with Gasteiger partial charge in [-0.1, -0.05) is 6.42 Å². The minimum absolute atomic E-state index is 0.185. The Kier molecular flexibility index (Phi) is 6.67. The van der Waals surface area contributed by atoms with Gasteiger partial charge in [0.2, 0.25) is 0 Å². The van der Waals surface area contributed by atoms with Crippen molar-refractivity contribution in [2.24, 2.45) is 0 Å². The van der Waals surface area contributed by atoms with Gasteiger partial charge in [0.25, 0.3) is 0 Å². The number of benzene rings is 1. The van der Waals surface area contributed by atoms with Gasteiger partial charge in [-0.2, -0.15) is 0 Å². The number of β-amino-alcohol motifs (C(OH)–C–C–N with tert-alkyl or cyclic N) is 1. The summed E-state index contributed by atoms with van der Waals surface area (Å²) < 4.78 is 15.6. The van der Waals surface area contributed by atoms with E-state index < -0.39 is 12.1 Å². The number of ether oxygens (including phenoxy) is 3. The van der Waals surface area contributed by atoms with Crippen LogP contribution in [0.15, 0.2) is 18.2 Å². The maximum Gasteiger partial charge on any atom is 0.337 e. The summed E-state index contributed by atoms with van der Waals surface area (Å²) in [6, 6.07) is 4.83. The van der Waals surface area contributed by atoms with Crippen LogP contribution in [0.3, 0.4) is 0 Å². The number of hydrogen-bond donors (Lipinski definition) is 1. The van der Waals surface area contributed by atoms with Gasteiger partial charge >= 0.3 is 5.97 Å². The van der Waals surface area contributed by atoms with Crippen LogP contribution in [-0.4, -0.2) is 62.5 Å². The first kappa shape index (κ1) is 17.6. The van der Waals surface area contributed by atoms with Crippen LogP contribution >= 0.6 is 0 Å². The van der Waals surface area contributed by atoms with E-state index in [1.165, 1.54) is 33.5 Å². The Morgan fingerprint density at radius 2 is 1.96 bits per heavy atom. The number of aliphatic hydroxyl groups is 1. The van der Waals surface area contributed by atoms with Crippen LogP contribution in [0.4, 0.5) is 0 Å². The number of carbonyl (C=O) groups excluding carboxylic acids is 1. The highest BCUT2D eigenvalue weighted by molar-refractivity contribution is 5.90. The molecule has 1 heterocycles. The molecule has 2 rings (SSSR count). The molecule has 1 saturated heterocycles. The topological polar surface area (TPSA) is 68.2 Å². The highest BCUT2D eigenvalue weighted by atomic mass is 16.5. The summed E-state index contributed by atoms with van der Waals surface area (Å²) in [5.74, 6) is 0.510. The van der Waals surface area contributed by atoms with Crippen molar-refractivity contribution < 1.29 is 24.1 Å². The molecule has 1 N–H and O–H groups in total. The zero-order valence-electron chi connectivity index (χ0n) is 13.8. The van der Waals surface area contributed by atoms with Gasteiger partial charge in [0.15, 0.2) is 11.5 Å². The summed E-state index contributed by atoms with van der Waals surface area (Å²) in [4.78, 5) is 13.8. The molecule has 1 atom stereocenters. The molecule has 0 saturated carbocycles. The predicted octanol–water partition coefficient (Wildman–Crippen LogP) is 1.71. The van der Waals surface area contributed by atoms with Crippen LogP contribution in [0.5, 0.6) is 11.5 Å². The van der Waals surface area contributed by atoms with Gasteiger partial charge in [-0.25, -0.2) is 4.79 Å². The van der Waals surface area contributed by atoms with E-state index in [1.807, 2.05) is 0 Å². The van der Waals surface area contributed by atoms with E-state index in [4.69, 9.17) is 9.47 Å². The van der Waals surface area contributed by atoms with Gasteiger partial charge in [-0.05, 0) is 44.1 Å².